The van der Waals surface area contributed by atoms with E-state index in [4.69, 9.17) is 11.6 Å². The molecule has 6 heteroatoms. The predicted molar refractivity (Wildman–Crippen MR) is 76.6 cm³/mol. The quantitative estimate of drug-likeness (QED) is 0.547. The van der Waals surface area contributed by atoms with Gasteiger partial charge in [0, 0.05) is 12.4 Å². The molecule has 1 unspecified atom stereocenters. The van der Waals surface area contributed by atoms with Gasteiger partial charge in [0.05, 0.1) is 5.75 Å². The fourth-order valence-corrected chi connectivity index (χ4v) is 3.87. The van der Waals surface area contributed by atoms with Crippen LogP contribution in [0.3, 0.4) is 0 Å². The fourth-order valence-electron chi connectivity index (χ4n) is 2.19. The molecule has 108 valence electrons. The SMILES string of the molecule is CC(CCl)CS(=O)(=O)NCCCN1CCCCC1. The number of piperidine rings is 1. The summed E-state index contributed by atoms with van der Waals surface area (Å²) in [7, 11) is -3.15. The Morgan fingerprint density at radius 1 is 1.28 bits per heavy atom. The molecule has 4 nitrogen and oxygen atoms in total. The van der Waals surface area contributed by atoms with Crippen LogP contribution in [0.4, 0.5) is 0 Å². The molecule has 0 amide bonds. The lowest BCUT2D eigenvalue weighted by Crippen LogP contribution is -2.34. The number of likely N-dealkylation sites (tertiary alicyclic amines) is 1. The van der Waals surface area contributed by atoms with Gasteiger partial charge in [0.15, 0.2) is 0 Å². The summed E-state index contributed by atoms with van der Waals surface area (Å²) < 4.78 is 26.0. The molecular weight excluding hydrogens is 272 g/mol. The van der Waals surface area contributed by atoms with E-state index in [2.05, 4.69) is 9.62 Å². The fraction of sp³-hybridized carbons (Fsp3) is 1.00. The topological polar surface area (TPSA) is 49.4 Å². The molecule has 18 heavy (non-hydrogen) atoms. The van der Waals surface area contributed by atoms with Crippen molar-refractivity contribution in [3.8, 4) is 0 Å². The summed E-state index contributed by atoms with van der Waals surface area (Å²) in [5.41, 5.74) is 0. The van der Waals surface area contributed by atoms with Crippen molar-refractivity contribution < 1.29 is 8.42 Å². The molecule has 0 spiro atoms. The van der Waals surface area contributed by atoms with Crippen LogP contribution in [0.25, 0.3) is 0 Å². The standard InChI is InChI=1S/C12H25ClN2O2S/c1-12(10-13)11-18(16,17)14-6-5-9-15-7-3-2-4-8-15/h12,14H,2-11H2,1H3. The predicted octanol–water partition coefficient (Wildman–Crippen LogP) is 1.66. The third-order valence-corrected chi connectivity index (χ3v) is 5.37. The Balaban J connectivity index is 2.12. The van der Waals surface area contributed by atoms with Gasteiger partial charge in [-0.3, -0.25) is 0 Å². The first-order chi connectivity index (χ1) is 8.53. The van der Waals surface area contributed by atoms with E-state index in [1.54, 1.807) is 0 Å². The highest BCUT2D eigenvalue weighted by atomic mass is 35.5. The molecular formula is C12H25ClN2O2S. The monoisotopic (exact) mass is 296 g/mol. The van der Waals surface area contributed by atoms with E-state index in [0.29, 0.717) is 12.4 Å². The molecule has 0 radical (unpaired) electrons. The van der Waals surface area contributed by atoms with E-state index >= 15 is 0 Å². The number of hydrogen-bond donors (Lipinski definition) is 1. The van der Waals surface area contributed by atoms with E-state index in [1.807, 2.05) is 6.92 Å². The molecule has 1 fully saturated rings. The van der Waals surface area contributed by atoms with Gasteiger partial charge in [-0.1, -0.05) is 13.3 Å². The molecule has 1 atom stereocenters. The van der Waals surface area contributed by atoms with Gasteiger partial charge in [0.2, 0.25) is 10.0 Å². The zero-order chi connectivity index (χ0) is 13.4. The Morgan fingerprint density at radius 2 is 1.94 bits per heavy atom. The van der Waals surface area contributed by atoms with Crippen LogP contribution in [0.15, 0.2) is 0 Å². The Hall–Kier alpha value is 0.160. The van der Waals surface area contributed by atoms with Gasteiger partial charge in [-0.05, 0) is 44.8 Å². The zero-order valence-electron chi connectivity index (χ0n) is 11.2. The smallest absolute Gasteiger partial charge is 0.211 e. The zero-order valence-corrected chi connectivity index (χ0v) is 12.8. The second-order valence-corrected chi connectivity index (χ2v) is 7.35. The van der Waals surface area contributed by atoms with Crippen LogP contribution in [0.2, 0.25) is 0 Å². The number of sulfonamides is 1. The molecule has 1 heterocycles. The maximum atomic E-state index is 11.7. The second-order valence-electron chi connectivity index (χ2n) is 5.19. The average molecular weight is 297 g/mol. The van der Waals surface area contributed by atoms with Gasteiger partial charge >= 0.3 is 0 Å². The summed E-state index contributed by atoms with van der Waals surface area (Å²) in [5.74, 6) is 0.515. The Labute approximate surface area is 116 Å². The van der Waals surface area contributed by atoms with Gasteiger partial charge in [-0.15, -0.1) is 11.6 Å². The van der Waals surface area contributed by atoms with Gasteiger partial charge in [0.1, 0.15) is 0 Å². The number of alkyl halides is 1. The molecule has 0 aromatic rings. The molecule has 1 rings (SSSR count). The lowest BCUT2D eigenvalue weighted by molar-refractivity contribution is 0.227. The Morgan fingerprint density at radius 3 is 2.56 bits per heavy atom. The van der Waals surface area contributed by atoms with E-state index in [0.717, 1.165) is 26.1 Å². The molecule has 0 aromatic heterocycles. The van der Waals surface area contributed by atoms with Crippen LogP contribution >= 0.6 is 11.6 Å². The summed E-state index contributed by atoms with van der Waals surface area (Å²) in [5, 5.41) is 0. The normalized spacial score (nSPS) is 19.9. The second kappa shape index (κ2) is 8.35. The van der Waals surface area contributed by atoms with Crippen molar-refractivity contribution in [3.05, 3.63) is 0 Å². The summed E-state index contributed by atoms with van der Waals surface area (Å²) in [6.45, 7) is 5.70. The maximum absolute atomic E-state index is 11.7. The van der Waals surface area contributed by atoms with Gasteiger partial charge in [0.25, 0.3) is 0 Å². The van der Waals surface area contributed by atoms with Crippen molar-refractivity contribution >= 4 is 21.6 Å². The molecule has 0 aliphatic carbocycles. The van der Waals surface area contributed by atoms with Crippen molar-refractivity contribution in [1.29, 1.82) is 0 Å². The van der Waals surface area contributed by atoms with Gasteiger partial charge in [-0.2, -0.15) is 0 Å². The minimum absolute atomic E-state index is 0.00580. The highest BCUT2D eigenvalue weighted by molar-refractivity contribution is 7.89. The van der Waals surface area contributed by atoms with Crippen molar-refractivity contribution in [2.24, 2.45) is 5.92 Å². The Kier molecular flexibility index (Phi) is 7.53. The van der Waals surface area contributed by atoms with Gasteiger partial charge < -0.3 is 4.90 Å². The largest absolute Gasteiger partial charge is 0.303 e. The highest BCUT2D eigenvalue weighted by Gasteiger charge is 2.15. The lowest BCUT2D eigenvalue weighted by atomic mass is 10.1. The molecule has 1 N–H and O–H groups in total. The first-order valence-corrected chi connectivity index (χ1v) is 8.98. The minimum Gasteiger partial charge on any atom is -0.303 e. The van der Waals surface area contributed by atoms with Crippen LogP contribution in [-0.2, 0) is 10.0 Å². The third-order valence-electron chi connectivity index (χ3n) is 3.19. The van der Waals surface area contributed by atoms with Crippen molar-refractivity contribution in [2.45, 2.75) is 32.6 Å². The summed E-state index contributed by atoms with van der Waals surface area (Å²) in [4.78, 5) is 2.42. The molecule has 1 aliphatic rings. The van der Waals surface area contributed by atoms with E-state index in [1.165, 1.54) is 19.3 Å². The van der Waals surface area contributed by atoms with Crippen LogP contribution in [0, 0.1) is 5.92 Å². The van der Waals surface area contributed by atoms with Crippen LogP contribution in [0.1, 0.15) is 32.6 Å². The number of halogens is 1. The molecule has 1 saturated heterocycles. The molecule has 0 saturated carbocycles. The summed E-state index contributed by atoms with van der Waals surface area (Å²) >= 11 is 5.62. The summed E-state index contributed by atoms with van der Waals surface area (Å²) in [6, 6.07) is 0. The average Bonchev–Trinajstić information content (AvgIpc) is 2.35. The van der Waals surface area contributed by atoms with Crippen molar-refractivity contribution in [2.75, 3.05) is 37.8 Å². The lowest BCUT2D eigenvalue weighted by Gasteiger charge is -2.26. The number of nitrogens with zero attached hydrogens (tertiary/aromatic N) is 1. The first-order valence-electron chi connectivity index (χ1n) is 6.79. The van der Waals surface area contributed by atoms with Crippen molar-refractivity contribution in [3.63, 3.8) is 0 Å². The van der Waals surface area contributed by atoms with E-state index in [-0.39, 0.29) is 11.7 Å². The van der Waals surface area contributed by atoms with Crippen LogP contribution < -0.4 is 4.72 Å². The van der Waals surface area contributed by atoms with Gasteiger partial charge in [-0.25, -0.2) is 13.1 Å². The molecule has 0 bridgehead atoms. The third kappa shape index (κ3) is 6.92. The van der Waals surface area contributed by atoms with Crippen molar-refractivity contribution in [1.82, 2.24) is 9.62 Å². The van der Waals surface area contributed by atoms with Crippen LogP contribution in [-0.4, -0.2) is 51.1 Å². The van der Waals surface area contributed by atoms with E-state index in [9.17, 15) is 8.42 Å². The Bertz CT molecular complexity index is 316. The molecule has 0 aromatic carbocycles. The number of nitrogens with one attached hydrogen (secondary N) is 1. The number of hydrogen-bond acceptors (Lipinski definition) is 3. The van der Waals surface area contributed by atoms with Crippen LogP contribution in [0.5, 0.6) is 0 Å². The van der Waals surface area contributed by atoms with E-state index < -0.39 is 10.0 Å². The molecule has 1 aliphatic heterocycles. The minimum atomic E-state index is -3.15. The number of rotatable bonds is 8. The highest BCUT2D eigenvalue weighted by Crippen LogP contribution is 2.08. The maximum Gasteiger partial charge on any atom is 0.211 e. The first kappa shape index (κ1) is 16.2. The summed E-state index contributed by atoms with van der Waals surface area (Å²) in [6.07, 6.45) is 4.77.